The highest BCUT2D eigenvalue weighted by molar-refractivity contribution is 5.79. The predicted molar refractivity (Wildman–Crippen MR) is 99.0 cm³/mol. The molecule has 26 heavy (non-hydrogen) atoms. The highest BCUT2D eigenvalue weighted by Crippen LogP contribution is 2.32. The maximum Gasteiger partial charge on any atom is 0.131 e. The van der Waals surface area contributed by atoms with Crippen molar-refractivity contribution in [2.45, 2.75) is 12.5 Å². The first kappa shape index (κ1) is 17.1. The Morgan fingerprint density at radius 2 is 1.88 bits per heavy atom. The maximum atomic E-state index is 14.7. The van der Waals surface area contributed by atoms with Gasteiger partial charge in [0.15, 0.2) is 0 Å². The molecular weight excluding hydrogens is 332 g/mol. The van der Waals surface area contributed by atoms with Crippen molar-refractivity contribution in [2.75, 3.05) is 26.2 Å². The third-order valence-electron chi connectivity index (χ3n) is 4.92. The van der Waals surface area contributed by atoms with Gasteiger partial charge in [-0.3, -0.25) is 9.88 Å². The van der Waals surface area contributed by atoms with Crippen molar-refractivity contribution in [2.24, 2.45) is 0 Å². The van der Waals surface area contributed by atoms with Crippen molar-refractivity contribution < 1.29 is 8.78 Å². The monoisotopic (exact) mass is 353 g/mol. The SMILES string of the molecule is Fc1ccc(C(c2cnc3ccccc3c2)N2CCCNCC2)c(F)c1. The third kappa shape index (κ3) is 3.45. The predicted octanol–water partition coefficient (Wildman–Crippen LogP) is 3.90. The Morgan fingerprint density at radius 1 is 1.00 bits per heavy atom. The van der Waals surface area contributed by atoms with Crippen LogP contribution in [0.3, 0.4) is 0 Å². The van der Waals surface area contributed by atoms with E-state index in [1.165, 1.54) is 6.07 Å². The van der Waals surface area contributed by atoms with E-state index < -0.39 is 11.6 Å². The Morgan fingerprint density at radius 3 is 2.77 bits per heavy atom. The summed E-state index contributed by atoms with van der Waals surface area (Å²) >= 11 is 0. The van der Waals surface area contributed by atoms with Gasteiger partial charge in [-0.15, -0.1) is 0 Å². The Balaban J connectivity index is 1.82. The molecule has 1 aliphatic rings. The maximum absolute atomic E-state index is 14.7. The van der Waals surface area contributed by atoms with Gasteiger partial charge in [0.1, 0.15) is 11.6 Å². The average Bonchev–Trinajstić information content (AvgIpc) is 2.93. The summed E-state index contributed by atoms with van der Waals surface area (Å²) in [6.45, 7) is 3.45. The van der Waals surface area contributed by atoms with E-state index in [2.05, 4.69) is 21.3 Å². The first-order valence-corrected chi connectivity index (χ1v) is 8.97. The van der Waals surface area contributed by atoms with E-state index in [9.17, 15) is 8.78 Å². The van der Waals surface area contributed by atoms with Gasteiger partial charge in [0.05, 0.1) is 11.6 Å². The first-order valence-electron chi connectivity index (χ1n) is 8.97. The van der Waals surface area contributed by atoms with E-state index in [4.69, 9.17) is 0 Å². The van der Waals surface area contributed by atoms with Crippen LogP contribution in [0, 0.1) is 11.6 Å². The molecule has 0 spiro atoms. The molecule has 3 nitrogen and oxygen atoms in total. The Bertz CT molecular complexity index is 905. The molecule has 0 amide bonds. The summed E-state index contributed by atoms with van der Waals surface area (Å²) in [6.07, 6.45) is 2.80. The van der Waals surface area contributed by atoms with Crippen LogP contribution in [0.5, 0.6) is 0 Å². The van der Waals surface area contributed by atoms with Crippen molar-refractivity contribution in [1.82, 2.24) is 15.2 Å². The van der Waals surface area contributed by atoms with E-state index in [1.807, 2.05) is 30.5 Å². The number of nitrogens with one attached hydrogen (secondary N) is 1. The number of hydrogen-bond donors (Lipinski definition) is 1. The zero-order valence-corrected chi connectivity index (χ0v) is 14.5. The van der Waals surface area contributed by atoms with E-state index in [1.54, 1.807) is 6.07 Å². The van der Waals surface area contributed by atoms with Gasteiger partial charge >= 0.3 is 0 Å². The van der Waals surface area contributed by atoms with E-state index in [0.29, 0.717) is 5.56 Å². The number of para-hydroxylation sites is 1. The van der Waals surface area contributed by atoms with Gasteiger partial charge in [-0.1, -0.05) is 24.3 Å². The molecule has 1 saturated heterocycles. The van der Waals surface area contributed by atoms with Crippen LogP contribution in [0.4, 0.5) is 8.78 Å². The summed E-state index contributed by atoms with van der Waals surface area (Å²) < 4.78 is 28.1. The van der Waals surface area contributed by atoms with Gasteiger partial charge in [0.25, 0.3) is 0 Å². The minimum absolute atomic E-state index is 0.285. The fourth-order valence-corrected chi connectivity index (χ4v) is 3.67. The lowest BCUT2D eigenvalue weighted by Crippen LogP contribution is -2.33. The lowest BCUT2D eigenvalue weighted by atomic mass is 9.96. The molecular formula is C21H21F2N3. The number of nitrogens with zero attached hydrogens (tertiary/aromatic N) is 2. The standard InChI is InChI=1S/C21H21F2N3/c22-17-6-7-18(19(23)13-17)21(26-10-3-8-24-9-11-26)16-12-15-4-1-2-5-20(15)25-14-16/h1-2,4-7,12-14,21,24H,3,8-11H2. The summed E-state index contributed by atoms with van der Waals surface area (Å²) in [5.41, 5.74) is 2.33. The quantitative estimate of drug-likeness (QED) is 0.774. The van der Waals surface area contributed by atoms with Crippen LogP contribution in [0.25, 0.3) is 10.9 Å². The number of benzene rings is 2. The molecule has 2 heterocycles. The van der Waals surface area contributed by atoms with Crippen LogP contribution in [-0.2, 0) is 0 Å². The molecule has 0 saturated carbocycles. The van der Waals surface area contributed by atoms with Gasteiger partial charge in [-0.25, -0.2) is 8.78 Å². The molecule has 1 atom stereocenters. The topological polar surface area (TPSA) is 28.2 Å². The molecule has 3 aromatic rings. The number of pyridine rings is 1. The van der Waals surface area contributed by atoms with Gasteiger partial charge in [0.2, 0.25) is 0 Å². The molecule has 1 fully saturated rings. The average molecular weight is 353 g/mol. The minimum Gasteiger partial charge on any atom is -0.315 e. The molecule has 0 aliphatic carbocycles. The second-order valence-corrected chi connectivity index (χ2v) is 6.67. The Labute approximate surface area is 151 Å². The zero-order valence-electron chi connectivity index (χ0n) is 14.5. The van der Waals surface area contributed by atoms with Crippen molar-refractivity contribution in [3.63, 3.8) is 0 Å². The van der Waals surface area contributed by atoms with Crippen molar-refractivity contribution in [3.05, 3.63) is 77.5 Å². The summed E-state index contributed by atoms with van der Waals surface area (Å²) in [7, 11) is 0. The van der Waals surface area contributed by atoms with Gasteiger partial charge < -0.3 is 5.32 Å². The summed E-state index contributed by atoms with van der Waals surface area (Å²) in [5.74, 6) is -1.07. The van der Waals surface area contributed by atoms with Crippen LogP contribution in [0.1, 0.15) is 23.6 Å². The second kappa shape index (κ2) is 7.48. The summed E-state index contributed by atoms with van der Waals surface area (Å²) in [4.78, 5) is 6.81. The second-order valence-electron chi connectivity index (χ2n) is 6.67. The number of rotatable bonds is 3. The largest absolute Gasteiger partial charge is 0.315 e. The van der Waals surface area contributed by atoms with Gasteiger partial charge in [0, 0.05) is 42.8 Å². The van der Waals surface area contributed by atoms with Gasteiger partial charge in [-0.2, -0.15) is 0 Å². The molecule has 0 bridgehead atoms. The molecule has 1 unspecified atom stereocenters. The lowest BCUT2D eigenvalue weighted by Gasteiger charge is -2.31. The van der Waals surface area contributed by atoms with Crippen LogP contribution in [0.15, 0.2) is 54.7 Å². The summed E-state index contributed by atoms with van der Waals surface area (Å²) in [5, 5.41) is 4.40. The molecule has 1 aliphatic heterocycles. The Kier molecular flexibility index (Phi) is 4.91. The number of aromatic nitrogens is 1. The molecule has 134 valence electrons. The van der Waals surface area contributed by atoms with Crippen molar-refractivity contribution in [1.29, 1.82) is 0 Å². The third-order valence-corrected chi connectivity index (χ3v) is 4.92. The smallest absolute Gasteiger partial charge is 0.131 e. The van der Waals surface area contributed by atoms with Crippen LogP contribution >= 0.6 is 0 Å². The van der Waals surface area contributed by atoms with Crippen LogP contribution in [0.2, 0.25) is 0 Å². The molecule has 0 radical (unpaired) electrons. The minimum atomic E-state index is -0.556. The number of fused-ring (bicyclic) bond motifs is 1. The molecule has 5 heteroatoms. The first-order chi connectivity index (χ1) is 12.7. The van der Waals surface area contributed by atoms with Crippen LogP contribution < -0.4 is 5.32 Å². The van der Waals surface area contributed by atoms with Gasteiger partial charge in [-0.05, 0) is 36.7 Å². The fraction of sp³-hybridized carbons (Fsp3) is 0.286. The molecule has 1 N–H and O–H groups in total. The van der Waals surface area contributed by atoms with Crippen LogP contribution in [-0.4, -0.2) is 36.1 Å². The van der Waals surface area contributed by atoms with Crippen molar-refractivity contribution in [3.8, 4) is 0 Å². The number of halogens is 2. The molecule has 2 aromatic carbocycles. The highest BCUT2D eigenvalue weighted by atomic mass is 19.1. The fourth-order valence-electron chi connectivity index (χ4n) is 3.67. The zero-order chi connectivity index (χ0) is 17.9. The van der Waals surface area contributed by atoms with E-state index in [-0.39, 0.29) is 6.04 Å². The molecule has 1 aromatic heterocycles. The van der Waals surface area contributed by atoms with E-state index >= 15 is 0 Å². The van der Waals surface area contributed by atoms with E-state index in [0.717, 1.165) is 55.1 Å². The Hall–Kier alpha value is -2.37. The van der Waals surface area contributed by atoms with Crippen molar-refractivity contribution >= 4 is 10.9 Å². The summed E-state index contributed by atoms with van der Waals surface area (Å²) in [6, 6.07) is 13.5. The lowest BCUT2D eigenvalue weighted by molar-refractivity contribution is 0.236. The number of hydrogen-bond acceptors (Lipinski definition) is 3. The highest BCUT2D eigenvalue weighted by Gasteiger charge is 2.26. The molecule has 4 rings (SSSR count). The normalized spacial score (nSPS) is 17.2.